The van der Waals surface area contributed by atoms with E-state index < -0.39 is 0 Å². The Bertz CT molecular complexity index is 243. The Morgan fingerprint density at radius 2 is 2.00 bits per heavy atom. The maximum atomic E-state index is 11.5. The lowest BCUT2D eigenvalue weighted by atomic mass is 10.1. The molecule has 2 unspecified atom stereocenters. The Kier molecular flexibility index (Phi) is 7.33. The molecule has 1 N–H and O–H groups in total. The van der Waals surface area contributed by atoms with E-state index in [1.807, 2.05) is 4.90 Å². The summed E-state index contributed by atoms with van der Waals surface area (Å²) in [6.45, 7) is 8.52. The first-order valence-corrected chi connectivity index (χ1v) is 7.67. The van der Waals surface area contributed by atoms with Gasteiger partial charge in [-0.15, -0.1) is 0 Å². The summed E-state index contributed by atoms with van der Waals surface area (Å²) in [4.78, 5) is 13.5. The van der Waals surface area contributed by atoms with Gasteiger partial charge in [-0.1, -0.05) is 32.6 Å². The Labute approximate surface area is 112 Å². The second-order valence-electron chi connectivity index (χ2n) is 5.76. The van der Waals surface area contributed by atoms with Crippen molar-refractivity contribution < 1.29 is 4.79 Å². The van der Waals surface area contributed by atoms with Gasteiger partial charge in [0.15, 0.2) is 0 Å². The monoisotopic (exact) mass is 254 g/mol. The normalized spacial score (nSPS) is 19.3. The lowest BCUT2D eigenvalue weighted by Crippen LogP contribution is -2.43. The van der Waals surface area contributed by atoms with Gasteiger partial charge in [-0.3, -0.25) is 4.79 Å². The third kappa shape index (κ3) is 5.85. The zero-order valence-electron chi connectivity index (χ0n) is 12.4. The van der Waals surface area contributed by atoms with Crippen molar-refractivity contribution in [1.29, 1.82) is 0 Å². The van der Waals surface area contributed by atoms with E-state index in [0.29, 0.717) is 18.0 Å². The largest absolute Gasteiger partial charge is 0.341 e. The molecule has 0 aromatic heterocycles. The molecule has 18 heavy (non-hydrogen) atoms. The number of carbonyl (C=O) groups is 1. The molecule has 1 aliphatic rings. The molecular weight excluding hydrogens is 224 g/mol. The van der Waals surface area contributed by atoms with Crippen LogP contribution in [0.25, 0.3) is 0 Å². The Balaban J connectivity index is 2.10. The van der Waals surface area contributed by atoms with Crippen molar-refractivity contribution >= 4 is 5.91 Å². The predicted molar refractivity (Wildman–Crippen MR) is 76.6 cm³/mol. The quantitative estimate of drug-likeness (QED) is 0.642. The fraction of sp³-hybridized carbons (Fsp3) is 0.933. The molecule has 106 valence electrons. The lowest BCUT2D eigenvalue weighted by Gasteiger charge is -2.25. The molecule has 2 atom stereocenters. The van der Waals surface area contributed by atoms with Crippen LogP contribution in [0.3, 0.4) is 0 Å². The standard InChI is InChI=1S/C15H30N2O/c1-4-5-6-7-9-13(2)16-14(3)12-17-11-8-10-15(17)18/h13-14,16H,4-12H2,1-3H3. The van der Waals surface area contributed by atoms with Crippen LogP contribution in [0.1, 0.15) is 65.7 Å². The number of unbranched alkanes of at least 4 members (excludes halogenated alkanes) is 3. The average Bonchev–Trinajstić information content (AvgIpc) is 2.70. The highest BCUT2D eigenvalue weighted by atomic mass is 16.2. The maximum Gasteiger partial charge on any atom is 0.222 e. The van der Waals surface area contributed by atoms with Crippen LogP contribution in [-0.2, 0) is 4.79 Å². The van der Waals surface area contributed by atoms with Gasteiger partial charge in [0.05, 0.1) is 0 Å². The summed E-state index contributed by atoms with van der Waals surface area (Å²) in [7, 11) is 0. The summed E-state index contributed by atoms with van der Waals surface area (Å²) in [6.07, 6.45) is 8.36. The van der Waals surface area contributed by atoms with Crippen LogP contribution < -0.4 is 5.32 Å². The summed E-state index contributed by atoms with van der Waals surface area (Å²) >= 11 is 0. The highest BCUT2D eigenvalue weighted by Crippen LogP contribution is 2.11. The van der Waals surface area contributed by atoms with Crippen molar-refractivity contribution in [3.05, 3.63) is 0 Å². The highest BCUT2D eigenvalue weighted by molar-refractivity contribution is 5.78. The van der Waals surface area contributed by atoms with Crippen LogP contribution in [-0.4, -0.2) is 36.0 Å². The minimum absolute atomic E-state index is 0.333. The van der Waals surface area contributed by atoms with Gasteiger partial charge in [0.2, 0.25) is 5.91 Å². The van der Waals surface area contributed by atoms with E-state index in [0.717, 1.165) is 25.9 Å². The van der Waals surface area contributed by atoms with Gasteiger partial charge in [-0.05, 0) is 26.7 Å². The Morgan fingerprint density at radius 3 is 2.61 bits per heavy atom. The third-order valence-electron chi connectivity index (χ3n) is 3.73. The molecule has 1 rings (SSSR count). The molecule has 0 radical (unpaired) electrons. The van der Waals surface area contributed by atoms with Gasteiger partial charge in [0, 0.05) is 31.6 Å². The third-order valence-corrected chi connectivity index (χ3v) is 3.73. The van der Waals surface area contributed by atoms with Crippen LogP contribution in [0, 0.1) is 0 Å². The molecule has 0 bridgehead atoms. The molecule has 1 fully saturated rings. The van der Waals surface area contributed by atoms with Crippen LogP contribution in [0.2, 0.25) is 0 Å². The van der Waals surface area contributed by atoms with Crippen LogP contribution in [0.15, 0.2) is 0 Å². The van der Waals surface area contributed by atoms with E-state index in [1.165, 1.54) is 32.1 Å². The molecule has 0 saturated carbocycles. The molecule has 0 aromatic carbocycles. The van der Waals surface area contributed by atoms with E-state index in [1.54, 1.807) is 0 Å². The fourth-order valence-corrected chi connectivity index (χ4v) is 2.73. The van der Waals surface area contributed by atoms with E-state index in [-0.39, 0.29) is 0 Å². The molecule has 3 heteroatoms. The van der Waals surface area contributed by atoms with Crippen LogP contribution in [0.5, 0.6) is 0 Å². The first-order valence-electron chi connectivity index (χ1n) is 7.67. The molecule has 1 amide bonds. The van der Waals surface area contributed by atoms with Gasteiger partial charge in [-0.25, -0.2) is 0 Å². The van der Waals surface area contributed by atoms with Crippen molar-refractivity contribution in [3.8, 4) is 0 Å². The molecule has 3 nitrogen and oxygen atoms in total. The molecule has 0 aromatic rings. The van der Waals surface area contributed by atoms with E-state index in [9.17, 15) is 4.79 Å². The molecule has 1 heterocycles. The SMILES string of the molecule is CCCCCCC(C)NC(C)CN1CCCC1=O. The first-order chi connectivity index (χ1) is 8.63. The number of likely N-dealkylation sites (tertiary alicyclic amines) is 1. The van der Waals surface area contributed by atoms with Gasteiger partial charge < -0.3 is 10.2 Å². The topological polar surface area (TPSA) is 32.3 Å². The smallest absolute Gasteiger partial charge is 0.222 e. The first kappa shape index (κ1) is 15.5. The second-order valence-corrected chi connectivity index (χ2v) is 5.76. The summed E-state index contributed by atoms with van der Waals surface area (Å²) in [5, 5.41) is 3.61. The Hall–Kier alpha value is -0.570. The number of rotatable bonds is 9. The number of hydrogen-bond donors (Lipinski definition) is 1. The number of nitrogens with one attached hydrogen (secondary N) is 1. The van der Waals surface area contributed by atoms with Crippen LogP contribution >= 0.6 is 0 Å². The van der Waals surface area contributed by atoms with Crippen molar-refractivity contribution in [2.75, 3.05) is 13.1 Å². The number of nitrogens with zero attached hydrogens (tertiary/aromatic N) is 1. The number of carbonyl (C=O) groups excluding carboxylic acids is 1. The Morgan fingerprint density at radius 1 is 1.22 bits per heavy atom. The molecular formula is C15H30N2O. The van der Waals surface area contributed by atoms with Crippen molar-refractivity contribution in [1.82, 2.24) is 10.2 Å². The second kappa shape index (κ2) is 8.52. The summed E-state index contributed by atoms with van der Waals surface area (Å²) in [5.74, 6) is 0.333. The molecule has 1 aliphatic heterocycles. The van der Waals surface area contributed by atoms with Crippen LogP contribution in [0.4, 0.5) is 0 Å². The number of amides is 1. The van der Waals surface area contributed by atoms with E-state index in [4.69, 9.17) is 0 Å². The molecule has 0 aliphatic carbocycles. The lowest BCUT2D eigenvalue weighted by molar-refractivity contribution is -0.127. The zero-order valence-corrected chi connectivity index (χ0v) is 12.4. The fourth-order valence-electron chi connectivity index (χ4n) is 2.73. The minimum Gasteiger partial charge on any atom is -0.341 e. The zero-order chi connectivity index (χ0) is 13.4. The number of hydrogen-bond acceptors (Lipinski definition) is 2. The highest BCUT2D eigenvalue weighted by Gasteiger charge is 2.21. The van der Waals surface area contributed by atoms with Gasteiger partial charge >= 0.3 is 0 Å². The average molecular weight is 254 g/mol. The van der Waals surface area contributed by atoms with Crippen molar-refractivity contribution in [2.45, 2.75) is 77.8 Å². The van der Waals surface area contributed by atoms with Gasteiger partial charge in [0.1, 0.15) is 0 Å². The van der Waals surface area contributed by atoms with E-state index >= 15 is 0 Å². The van der Waals surface area contributed by atoms with Gasteiger partial charge in [-0.2, -0.15) is 0 Å². The minimum atomic E-state index is 0.333. The summed E-state index contributed by atoms with van der Waals surface area (Å²) < 4.78 is 0. The summed E-state index contributed by atoms with van der Waals surface area (Å²) in [5.41, 5.74) is 0. The maximum absolute atomic E-state index is 11.5. The van der Waals surface area contributed by atoms with Crippen molar-refractivity contribution in [3.63, 3.8) is 0 Å². The van der Waals surface area contributed by atoms with E-state index in [2.05, 4.69) is 26.1 Å². The van der Waals surface area contributed by atoms with Crippen molar-refractivity contribution in [2.24, 2.45) is 0 Å². The molecule has 0 spiro atoms. The van der Waals surface area contributed by atoms with Gasteiger partial charge in [0.25, 0.3) is 0 Å². The predicted octanol–water partition coefficient (Wildman–Crippen LogP) is 2.95. The molecule has 1 saturated heterocycles. The summed E-state index contributed by atoms with van der Waals surface area (Å²) in [6, 6.07) is 0.975.